The lowest BCUT2D eigenvalue weighted by atomic mass is 9.64. The van der Waals surface area contributed by atoms with Crippen LogP contribution in [0.2, 0.25) is 0 Å². The zero-order valence-electron chi connectivity index (χ0n) is 22.9. The highest BCUT2D eigenvalue weighted by molar-refractivity contribution is 7.12. The average molecular weight is 561 g/mol. The second-order valence-electron chi connectivity index (χ2n) is 10.9. The fourth-order valence-electron chi connectivity index (χ4n) is 7.05. The summed E-state index contributed by atoms with van der Waals surface area (Å²) in [6.07, 6.45) is 2.08. The van der Waals surface area contributed by atoms with Gasteiger partial charge in [-0.15, -0.1) is 11.3 Å². The van der Waals surface area contributed by atoms with Crippen molar-refractivity contribution in [3.63, 3.8) is 0 Å². The van der Waals surface area contributed by atoms with Crippen LogP contribution in [0.15, 0.2) is 90.3 Å². The van der Waals surface area contributed by atoms with Gasteiger partial charge in [0.15, 0.2) is 11.6 Å². The van der Waals surface area contributed by atoms with Crippen LogP contribution in [-0.2, 0) is 10.2 Å². The Morgan fingerprint density at radius 3 is 2.46 bits per heavy atom. The Morgan fingerprint density at radius 1 is 0.951 bits per heavy atom. The van der Waals surface area contributed by atoms with Crippen LogP contribution in [0, 0.1) is 12.8 Å². The molecule has 0 saturated carbocycles. The topological polar surface area (TPSA) is 75.7 Å². The van der Waals surface area contributed by atoms with Gasteiger partial charge in [0.25, 0.3) is 0 Å². The van der Waals surface area contributed by atoms with Crippen molar-refractivity contribution in [3.05, 3.63) is 117 Å². The molecule has 1 aromatic heterocycles. The Balaban J connectivity index is 1.54. The monoisotopic (exact) mass is 560 g/mol. The lowest BCUT2D eigenvalue weighted by Crippen LogP contribution is -2.51. The number of thiophene rings is 1. The van der Waals surface area contributed by atoms with E-state index in [4.69, 9.17) is 4.74 Å². The lowest BCUT2D eigenvalue weighted by Gasteiger charge is -2.39. The van der Waals surface area contributed by atoms with Crippen LogP contribution in [0.5, 0.6) is 5.75 Å². The van der Waals surface area contributed by atoms with E-state index in [1.807, 2.05) is 61.7 Å². The quantitative estimate of drug-likeness (QED) is 0.290. The number of ketones is 2. The van der Waals surface area contributed by atoms with Gasteiger partial charge in [-0.05, 0) is 78.9 Å². The summed E-state index contributed by atoms with van der Waals surface area (Å²) < 4.78 is 5.33. The molecule has 0 radical (unpaired) electrons. The molecule has 3 aliphatic heterocycles. The van der Waals surface area contributed by atoms with Gasteiger partial charge in [0, 0.05) is 22.5 Å². The van der Waals surface area contributed by atoms with E-state index in [-0.39, 0.29) is 17.5 Å². The molecular weight excluding hydrogens is 532 g/mol. The number of nitrogens with zero attached hydrogens (tertiary/aromatic N) is 1. The van der Waals surface area contributed by atoms with Crippen LogP contribution in [0.25, 0.3) is 5.57 Å². The summed E-state index contributed by atoms with van der Waals surface area (Å²) in [6.45, 7) is 4.08. The summed E-state index contributed by atoms with van der Waals surface area (Å²) >= 11 is 1.35. The molecule has 1 spiro atoms. The van der Waals surface area contributed by atoms with E-state index >= 15 is 0 Å². The van der Waals surface area contributed by atoms with E-state index in [0.29, 0.717) is 21.9 Å². The van der Waals surface area contributed by atoms with Gasteiger partial charge < -0.3 is 15.0 Å². The predicted molar refractivity (Wildman–Crippen MR) is 161 cm³/mol. The second kappa shape index (κ2) is 9.28. The summed E-state index contributed by atoms with van der Waals surface area (Å²) in [5, 5.41) is 4.95. The Kier molecular flexibility index (Phi) is 5.77. The van der Waals surface area contributed by atoms with E-state index in [1.54, 1.807) is 37.4 Å². The summed E-state index contributed by atoms with van der Waals surface area (Å²) in [7, 11) is 1.57. The predicted octanol–water partition coefficient (Wildman–Crippen LogP) is 6.31. The van der Waals surface area contributed by atoms with Crippen molar-refractivity contribution in [2.75, 3.05) is 17.3 Å². The molecule has 204 valence electrons. The molecule has 4 atom stereocenters. The van der Waals surface area contributed by atoms with Crippen molar-refractivity contribution in [1.82, 2.24) is 0 Å². The number of hydrogen-bond acceptors (Lipinski definition) is 6. The smallest absolute Gasteiger partial charge is 0.238 e. The third kappa shape index (κ3) is 3.51. The number of ether oxygens (including phenoxy) is 1. The first-order valence-corrected chi connectivity index (χ1v) is 14.5. The maximum atomic E-state index is 14.8. The molecule has 1 amide bonds. The molecule has 0 aliphatic carbocycles. The molecule has 3 aliphatic rings. The number of rotatable bonds is 5. The highest BCUT2D eigenvalue weighted by atomic mass is 32.1. The Labute approximate surface area is 242 Å². The normalized spacial score (nSPS) is 23.9. The minimum absolute atomic E-state index is 0.162. The van der Waals surface area contributed by atoms with Gasteiger partial charge in [-0.2, -0.15) is 0 Å². The Hall–Kier alpha value is -4.49. The van der Waals surface area contributed by atoms with Gasteiger partial charge >= 0.3 is 0 Å². The van der Waals surface area contributed by atoms with E-state index in [0.717, 1.165) is 28.0 Å². The largest absolute Gasteiger partial charge is 0.497 e. The maximum absolute atomic E-state index is 14.8. The Bertz CT molecular complexity index is 1760. The lowest BCUT2D eigenvalue weighted by molar-refractivity contribution is -0.121. The average Bonchev–Trinajstić information content (AvgIpc) is 3.70. The highest BCUT2D eigenvalue weighted by Crippen LogP contribution is 2.59. The van der Waals surface area contributed by atoms with Crippen molar-refractivity contribution in [3.8, 4) is 5.75 Å². The molecule has 7 rings (SSSR count). The molecule has 4 aromatic rings. The molecule has 4 unspecified atom stereocenters. The molecule has 3 aromatic carbocycles. The van der Waals surface area contributed by atoms with Crippen LogP contribution in [0.3, 0.4) is 0 Å². The Morgan fingerprint density at radius 2 is 1.73 bits per heavy atom. The third-order valence-electron chi connectivity index (χ3n) is 8.82. The molecule has 0 bridgehead atoms. The SMILES string of the molecule is COc1ccc(C(=O)C2C(C(=O)c3cccs3)N3c4ccc(C)cc4C(C)=CC3C23C(=O)Nc2ccccc23)cc1. The van der Waals surface area contributed by atoms with Gasteiger partial charge in [-0.3, -0.25) is 14.4 Å². The van der Waals surface area contributed by atoms with E-state index < -0.39 is 23.4 Å². The molecule has 7 heteroatoms. The number of methoxy groups -OCH3 is 1. The highest BCUT2D eigenvalue weighted by Gasteiger charge is 2.70. The number of carbonyl (C=O) groups is 3. The first-order valence-electron chi connectivity index (χ1n) is 13.6. The molecular formula is C34H28N2O4S. The van der Waals surface area contributed by atoms with Gasteiger partial charge in [0.1, 0.15) is 17.2 Å². The number of Topliss-reactive ketones (excluding diaryl/α,β-unsaturated/α-hetero) is 2. The van der Waals surface area contributed by atoms with Crippen molar-refractivity contribution >= 4 is 45.8 Å². The van der Waals surface area contributed by atoms with Gasteiger partial charge in [0.2, 0.25) is 5.91 Å². The van der Waals surface area contributed by atoms with Crippen LogP contribution >= 0.6 is 11.3 Å². The summed E-state index contributed by atoms with van der Waals surface area (Å²) in [6, 6.07) is 22.8. The standard InChI is InChI=1S/C34H28N2O4S/c1-19-10-15-26-23(17-19)20(2)18-28-34(24-7-4-5-8-25(24)35-33(34)39)29(31(37)21-11-13-22(40-3)14-12-21)30(36(26)28)32(38)27-9-6-16-41-27/h4-18,28-30H,1-3H3,(H,35,39). The fraction of sp³-hybridized carbons (Fsp3) is 0.206. The van der Waals surface area contributed by atoms with Crippen molar-refractivity contribution in [2.45, 2.75) is 31.3 Å². The van der Waals surface area contributed by atoms with Crippen LogP contribution < -0.4 is 15.0 Å². The first kappa shape index (κ1) is 25.5. The summed E-state index contributed by atoms with van der Waals surface area (Å²) in [5.41, 5.74) is 4.50. The molecule has 1 N–H and O–H groups in total. The van der Waals surface area contributed by atoms with Crippen LogP contribution in [0.4, 0.5) is 11.4 Å². The van der Waals surface area contributed by atoms with E-state index in [2.05, 4.69) is 22.4 Å². The number of benzene rings is 3. The zero-order valence-corrected chi connectivity index (χ0v) is 23.7. The van der Waals surface area contributed by atoms with Crippen molar-refractivity contribution in [1.29, 1.82) is 0 Å². The van der Waals surface area contributed by atoms with Gasteiger partial charge in [-0.1, -0.05) is 42.0 Å². The number of amides is 1. The van der Waals surface area contributed by atoms with Crippen molar-refractivity contribution < 1.29 is 19.1 Å². The molecule has 1 saturated heterocycles. The fourth-order valence-corrected chi connectivity index (χ4v) is 7.74. The maximum Gasteiger partial charge on any atom is 0.238 e. The summed E-state index contributed by atoms with van der Waals surface area (Å²) in [4.78, 5) is 46.4. The number of anilines is 2. The van der Waals surface area contributed by atoms with Crippen LogP contribution in [0.1, 0.15) is 43.6 Å². The zero-order chi connectivity index (χ0) is 28.5. The number of aryl methyl sites for hydroxylation is 1. The molecule has 4 heterocycles. The number of carbonyl (C=O) groups excluding carboxylic acids is 3. The number of nitrogens with one attached hydrogen (secondary N) is 1. The molecule has 1 fully saturated rings. The van der Waals surface area contributed by atoms with Crippen LogP contribution in [-0.4, -0.2) is 36.7 Å². The van der Waals surface area contributed by atoms with Crippen molar-refractivity contribution in [2.24, 2.45) is 5.92 Å². The number of allylic oxidation sites excluding steroid dienone is 1. The molecule has 41 heavy (non-hydrogen) atoms. The number of fused-ring (bicyclic) bond motifs is 6. The van der Waals surface area contributed by atoms with Gasteiger partial charge in [-0.25, -0.2) is 0 Å². The van der Waals surface area contributed by atoms with E-state index in [1.165, 1.54) is 11.3 Å². The first-order chi connectivity index (χ1) is 19.9. The number of para-hydroxylation sites is 1. The second-order valence-corrected chi connectivity index (χ2v) is 11.9. The van der Waals surface area contributed by atoms with Gasteiger partial charge in [0.05, 0.1) is 23.9 Å². The third-order valence-corrected chi connectivity index (χ3v) is 9.71. The molecule has 6 nitrogen and oxygen atoms in total. The summed E-state index contributed by atoms with van der Waals surface area (Å²) in [5.74, 6) is -1.04. The van der Waals surface area contributed by atoms with E-state index in [9.17, 15) is 14.4 Å². The minimum Gasteiger partial charge on any atom is -0.497 e. The number of hydrogen-bond donors (Lipinski definition) is 1. The minimum atomic E-state index is -1.32.